The molecule has 2 N–H and O–H groups in total. The Labute approximate surface area is 152 Å². The standard InChI is InChI=1S/C16H33O.C5H13NO/c1-2-3-4-5-6-7-8-9-10-11-12-13-14-15-16-17;1-4-5(2,7)6-3/h2-16H2,1H3;6-7H,4H2,1-3H3. The molecule has 0 saturated heterocycles. The van der Waals surface area contributed by atoms with Gasteiger partial charge in [-0.25, -0.2) is 5.11 Å². The molecule has 0 aromatic heterocycles. The van der Waals surface area contributed by atoms with E-state index in [1.54, 1.807) is 14.0 Å². The molecule has 24 heavy (non-hydrogen) atoms. The van der Waals surface area contributed by atoms with Gasteiger partial charge >= 0.3 is 0 Å². The van der Waals surface area contributed by atoms with E-state index in [1.807, 2.05) is 6.92 Å². The van der Waals surface area contributed by atoms with Crippen molar-refractivity contribution in [3.8, 4) is 0 Å². The van der Waals surface area contributed by atoms with Crippen molar-refractivity contribution >= 4 is 0 Å². The van der Waals surface area contributed by atoms with Gasteiger partial charge in [0.2, 0.25) is 0 Å². The van der Waals surface area contributed by atoms with Gasteiger partial charge < -0.3 is 5.11 Å². The van der Waals surface area contributed by atoms with E-state index in [4.69, 9.17) is 5.11 Å². The molecule has 0 bridgehead atoms. The van der Waals surface area contributed by atoms with Crippen molar-refractivity contribution in [1.82, 2.24) is 5.32 Å². The molecule has 1 atom stereocenters. The Hall–Kier alpha value is -0.120. The molecule has 0 aliphatic rings. The summed E-state index contributed by atoms with van der Waals surface area (Å²) in [6.45, 7) is 6.07. The number of hydrogen-bond donors (Lipinski definition) is 2. The lowest BCUT2D eigenvalue weighted by molar-refractivity contribution is 0.0284. The van der Waals surface area contributed by atoms with Crippen LogP contribution in [0.15, 0.2) is 0 Å². The molecule has 0 aromatic carbocycles. The molecule has 0 aliphatic carbocycles. The van der Waals surface area contributed by atoms with Crippen molar-refractivity contribution in [2.45, 2.75) is 123 Å². The summed E-state index contributed by atoms with van der Waals surface area (Å²) in [6, 6.07) is 0. The quantitative estimate of drug-likeness (QED) is 0.258. The van der Waals surface area contributed by atoms with E-state index in [0.29, 0.717) is 0 Å². The van der Waals surface area contributed by atoms with Crippen molar-refractivity contribution in [3.05, 3.63) is 0 Å². The van der Waals surface area contributed by atoms with E-state index in [0.717, 1.165) is 19.3 Å². The van der Waals surface area contributed by atoms with Crippen molar-refractivity contribution in [3.63, 3.8) is 0 Å². The van der Waals surface area contributed by atoms with Gasteiger partial charge in [-0.1, -0.05) is 97.3 Å². The molecular formula is C21H46NO2. The van der Waals surface area contributed by atoms with Crippen LogP contribution >= 0.6 is 0 Å². The monoisotopic (exact) mass is 344 g/mol. The molecule has 1 radical (unpaired) electrons. The average molecular weight is 345 g/mol. The van der Waals surface area contributed by atoms with Crippen LogP contribution in [0.5, 0.6) is 0 Å². The van der Waals surface area contributed by atoms with Crippen molar-refractivity contribution in [2.24, 2.45) is 0 Å². The maximum Gasteiger partial charge on any atom is 0.112 e. The summed E-state index contributed by atoms with van der Waals surface area (Å²) < 4.78 is 0. The molecule has 1 unspecified atom stereocenters. The molecule has 0 aromatic rings. The summed E-state index contributed by atoms with van der Waals surface area (Å²) in [4.78, 5) is 0. The Morgan fingerprint density at radius 2 is 1.04 bits per heavy atom. The van der Waals surface area contributed by atoms with Gasteiger partial charge in [-0.15, -0.1) is 0 Å². The lowest BCUT2D eigenvalue weighted by Gasteiger charge is -2.19. The van der Waals surface area contributed by atoms with Crippen LogP contribution < -0.4 is 5.32 Å². The highest BCUT2D eigenvalue weighted by Crippen LogP contribution is 2.12. The smallest absolute Gasteiger partial charge is 0.112 e. The van der Waals surface area contributed by atoms with E-state index in [2.05, 4.69) is 12.2 Å². The first kappa shape index (κ1) is 26.1. The molecule has 0 aliphatic heterocycles. The molecule has 3 nitrogen and oxygen atoms in total. The largest absolute Gasteiger partial charge is 0.376 e. The van der Waals surface area contributed by atoms with Gasteiger partial charge in [-0.05, 0) is 26.8 Å². The molecule has 0 amide bonds. The highest BCUT2D eigenvalue weighted by atomic mass is 16.3. The van der Waals surface area contributed by atoms with Gasteiger partial charge in [0, 0.05) is 0 Å². The molecule has 0 fully saturated rings. The highest BCUT2D eigenvalue weighted by Gasteiger charge is 2.11. The van der Waals surface area contributed by atoms with Crippen molar-refractivity contribution < 1.29 is 10.2 Å². The minimum absolute atomic E-state index is 0.123. The summed E-state index contributed by atoms with van der Waals surface area (Å²) >= 11 is 0. The van der Waals surface area contributed by atoms with Crippen LogP contribution in [0.3, 0.4) is 0 Å². The molecule has 147 valence electrons. The van der Waals surface area contributed by atoms with Gasteiger partial charge in [-0.2, -0.15) is 0 Å². The number of hydrogen-bond acceptors (Lipinski definition) is 2. The van der Waals surface area contributed by atoms with Crippen molar-refractivity contribution in [1.29, 1.82) is 0 Å². The second kappa shape index (κ2) is 20.9. The third-order valence-corrected chi connectivity index (χ3v) is 4.72. The second-order valence-corrected chi connectivity index (χ2v) is 7.18. The first-order valence-corrected chi connectivity index (χ1v) is 10.5. The minimum atomic E-state index is -0.667. The fourth-order valence-corrected chi connectivity index (χ4v) is 2.47. The summed E-state index contributed by atoms with van der Waals surface area (Å²) in [5.74, 6) is 0. The number of unbranched alkanes of at least 4 members (excludes halogenated alkanes) is 13. The average Bonchev–Trinajstić information content (AvgIpc) is 2.59. The number of rotatable bonds is 16. The second-order valence-electron chi connectivity index (χ2n) is 7.18. The van der Waals surface area contributed by atoms with Gasteiger partial charge in [0.25, 0.3) is 0 Å². The zero-order valence-corrected chi connectivity index (χ0v) is 17.2. The summed E-state index contributed by atoms with van der Waals surface area (Å²) in [5, 5.41) is 22.0. The van der Waals surface area contributed by atoms with E-state index in [9.17, 15) is 5.11 Å². The predicted molar refractivity (Wildman–Crippen MR) is 106 cm³/mol. The van der Waals surface area contributed by atoms with Crippen LogP contribution in [-0.4, -0.2) is 24.5 Å². The normalized spacial score (nSPS) is 13.2. The van der Waals surface area contributed by atoms with Crippen LogP contribution in [-0.2, 0) is 5.11 Å². The lowest BCUT2D eigenvalue weighted by atomic mass is 10.0. The highest BCUT2D eigenvalue weighted by molar-refractivity contribution is 4.61. The fourth-order valence-electron chi connectivity index (χ4n) is 2.47. The van der Waals surface area contributed by atoms with E-state index < -0.39 is 5.72 Å². The summed E-state index contributed by atoms with van der Waals surface area (Å²) in [5.41, 5.74) is -0.667. The Morgan fingerprint density at radius 3 is 1.25 bits per heavy atom. The Balaban J connectivity index is 0. The Bertz CT molecular complexity index is 200. The molecule has 3 heteroatoms. The third-order valence-electron chi connectivity index (χ3n) is 4.72. The summed E-state index contributed by atoms with van der Waals surface area (Å²) in [7, 11) is 1.74. The van der Waals surface area contributed by atoms with Gasteiger partial charge in [0.05, 0.1) is 6.61 Å². The number of aliphatic hydroxyl groups is 1. The molecule has 0 rings (SSSR count). The van der Waals surface area contributed by atoms with Crippen LogP contribution in [0, 0.1) is 0 Å². The van der Waals surface area contributed by atoms with E-state index in [1.165, 1.54) is 77.0 Å². The molecular weight excluding hydrogens is 298 g/mol. The zero-order chi connectivity index (χ0) is 18.5. The van der Waals surface area contributed by atoms with E-state index in [-0.39, 0.29) is 6.61 Å². The molecule has 0 heterocycles. The topological polar surface area (TPSA) is 52.2 Å². The predicted octanol–water partition coefficient (Wildman–Crippen LogP) is 6.22. The van der Waals surface area contributed by atoms with Gasteiger partial charge in [0.15, 0.2) is 0 Å². The Morgan fingerprint density at radius 1 is 0.708 bits per heavy atom. The van der Waals surface area contributed by atoms with Gasteiger partial charge in [-0.3, -0.25) is 5.32 Å². The first-order valence-electron chi connectivity index (χ1n) is 10.5. The Kier molecular flexibility index (Phi) is 22.8. The minimum Gasteiger partial charge on any atom is -0.376 e. The maximum atomic E-state index is 10.2. The van der Waals surface area contributed by atoms with Crippen LogP contribution in [0.1, 0.15) is 117 Å². The lowest BCUT2D eigenvalue weighted by Crippen LogP contribution is -2.38. The van der Waals surface area contributed by atoms with Crippen LogP contribution in [0.25, 0.3) is 0 Å². The number of nitrogens with one attached hydrogen (secondary N) is 1. The first-order chi connectivity index (χ1) is 11.5. The molecule has 0 spiro atoms. The zero-order valence-electron chi connectivity index (χ0n) is 17.2. The van der Waals surface area contributed by atoms with Crippen LogP contribution in [0.4, 0.5) is 0 Å². The van der Waals surface area contributed by atoms with E-state index >= 15 is 0 Å². The third kappa shape index (κ3) is 24.1. The maximum absolute atomic E-state index is 10.2. The summed E-state index contributed by atoms with van der Waals surface area (Å²) in [6.07, 6.45) is 19.6. The van der Waals surface area contributed by atoms with Crippen LogP contribution in [0.2, 0.25) is 0 Å². The van der Waals surface area contributed by atoms with Crippen molar-refractivity contribution in [2.75, 3.05) is 13.7 Å². The fraction of sp³-hybridized carbons (Fsp3) is 1.00. The molecule has 0 saturated carbocycles. The SMILES string of the molecule is CCC(C)(O)NC.CCCCCCCCCCCCCCCC[O]. The van der Waals surface area contributed by atoms with Gasteiger partial charge in [0.1, 0.15) is 5.72 Å².